The van der Waals surface area contributed by atoms with Crippen LogP contribution in [0.15, 0.2) is 0 Å². The van der Waals surface area contributed by atoms with Crippen LogP contribution in [0, 0.1) is 10.8 Å². The Labute approximate surface area is 100 Å². The summed E-state index contributed by atoms with van der Waals surface area (Å²) in [6.07, 6.45) is 0.366. The van der Waals surface area contributed by atoms with E-state index in [2.05, 4.69) is 4.74 Å². The molecule has 2 rings (SSSR count). The number of esters is 1. The monoisotopic (exact) mass is 242 g/mol. The van der Waals surface area contributed by atoms with E-state index in [1.54, 1.807) is 7.11 Å². The summed E-state index contributed by atoms with van der Waals surface area (Å²) < 4.78 is 15.0. The smallest absolute Gasteiger partial charge is 0.415 e. The topological polar surface area (TPSA) is 61.8 Å². The van der Waals surface area contributed by atoms with Gasteiger partial charge in [-0.15, -0.1) is 0 Å². The van der Waals surface area contributed by atoms with Gasteiger partial charge in [-0.2, -0.15) is 0 Å². The molecular formula is C12H18O5. The van der Waals surface area contributed by atoms with E-state index >= 15 is 0 Å². The molecule has 1 aliphatic heterocycles. The van der Waals surface area contributed by atoms with E-state index in [1.807, 2.05) is 20.8 Å². The predicted octanol–water partition coefficient (Wildman–Crippen LogP) is 1.89. The zero-order chi connectivity index (χ0) is 12.9. The summed E-state index contributed by atoms with van der Waals surface area (Å²) in [4.78, 5) is 23.1. The Morgan fingerprint density at radius 3 is 2.35 bits per heavy atom. The first-order chi connectivity index (χ1) is 7.79. The summed E-state index contributed by atoms with van der Waals surface area (Å²) in [5.41, 5.74) is -1.87. The van der Waals surface area contributed by atoms with Crippen LogP contribution < -0.4 is 0 Å². The van der Waals surface area contributed by atoms with Crippen molar-refractivity contribution >= 4 is 12.1 Å². The summed E-state index contributed by atoms with van der Waals surface area (Å²) in [7, 11) is 1.63. The highest BCUT2D eigenvalue weighted by Gasteiger charge is 2.70. The molecule has 0 radical (unpaired) electrons. The van der Waals surface area contributed by atoms with Gasteiger partial charge in [0.2, 0.25) is 5.60 Å². The SMILES string of the molecule is COC[C@]1(C)CC[C@]2(OC(=O)OC2=O)C1(C)C. The van der Waals surface area contributed by atoms with E-state index < -0.39 is 23.1 Å². The average molecular weight is 242 g/mol. The molecule has 1 spiro atoms. The minimum Gasteiger partial charge on any atom is -0.415 e. The molecule has 1 heterocycles. The van der Waals surface area contributed by atoms with Crippen molar-refractivity contribution < 1.29 is 23.8 Å². The van der Waals surface area contributed by atoms with Crippen LogP contribution >= 0.6 is 0 Å². The van der Waals surface area contributed by atoms with E-state index in [0.717, 1.165) is 6.42 Å². The molecule has 2 fully saturated rings. The zero-order valence-corrected chi connectivity index (χ0v) is 10.7. The average Bonchev–Trinajstić information content (AvgIpc) is 2.60. The molecule has 5 heteroatoms. The Morgan fingerprint density at radius 2 is 1.88 bits per heavy atom. The van der Waals surface area contributed by atoms with Gasteiger partial charge in [-0.05, 0) is 12.8 Å². The molecule has 0 unspecified atom stereocenters. The van der Waals surface area contributed by atoms with Gasteiger partial charge in [0.1, 0.15) is 0 Å². The van der Waals surface area contributed by atoms with Crippen molar-refractivity contribution in [3.8, 4) is 0 Å². The van der Waals surface area contributed by atoms with Crippen LogP contribution in [0.3, 0.4) is 0 Å². The number of hydrogen-bond acceptors (Lipinski definition) is 5. The number of ether oxygens (including phenoxy) is 3. The normalized spacial score (nSPS) is 39.5. The van der Waals surface area contributed by atoms with Gasteiger partial charge in [-0.25, -0.2) is 9.59 Å². The minimum absolute atomic E-state index is 0.217. The number of carbonyl (C=O) groups is 2. The van der Waals surface area contributed by atoms with Crippen molar-refractivity contribution in [2.75, 3.05) is 13.7 Å². The van der Waals surface area contributed by atoms with Crippen molar-refractivity contribution in [2.45, 2.75) is 39.2 Å². The van der Waals surface area contributed by atoms with Gasteiger partial charge in [0, 0.05) is 17.9 Å². The maximum absolute atomic E-state index is 11.9. The van der Waals surface area contributed by atoms with E-state index in [0.29, 0.717) is 13.0 Å². The molecule has 2 aliphatic rings. The predicted molar refractivity (Wildman–Crippen MR) is 58.3 cm³/mol. The van der Waals surface area contributed by atoms with Gasteiger partial charge in [-0.3, -0.25) is 0 Å². The molecule has 96 valence electrons. The van der Waals surface area contributed by atoms with Gasteiger partial charge in [0.25, 0.3) is 0 Å². The Hall–Kier alpha value is -1.10. The summed E-state index contributed by atoms with van der Waals surface area (Å²) in [5.74, 6) is -0.563. The maximum Gasteiger partial charge on any atom is 0.517 e. The van der Waals surface area contributed by atoms with Crippen molar-refractivity contribution in [2.24, 2.45) is 10.8 Å². The fraction of sp³-hybridized carbons (Fsp3) is 0.833. The first kappa shape index (κ1) is 12.4. The van der Waals surface area contributed by atoms with Gasteiger partial charge in [0.05, 0.1) is 6.61 Å². The third-order valence-electron chi connectivity index (χ3n) is 4.77. The summed E-state index contributed by atoms with van der Waals surface area (Å²) >= 11 is 0. The number of rotatable bonds is 2. The summed E-state index contributed by atoms with van der Waals surface area (Å²) in [6, 6.07) is 0. The lowest BCUT2D eigenvalue weighted by Crippen LogP contribution is -2.52. The molecule has 0 N–H and O–H groups in total. The van der Waals surface area contributed by atoms with Crippen molar-refractivity contribution in [3.05, 3.63) is 0 Å². The van der Waals surface area contributed by atoms with E-state index in [1.165, 1.54) is 0 Å². The second-order valence-electron chi connectivity index (χ2n) is 5.69. The van der Waals surface area contributed by atoms with Gasteiger partial charge in [-0.1, -0.05) is 20.8 Å². The first-order valence-electron chi connectivity index (χ1n) is 5.73. The number of methoxy groups -OCH3 is 1. The van der Waals surface area contributed by atoms with Crippen molar-refractivity contribution in [1.82, 2.24) is 0 Å². The molecule has 0 aromatic rings. The van der Waals surface area contributed by atoms with Gasteiger partial charge in [0.15, 0.2) is 0 Å². The fourth-order valence-electron chi connectivity index (χ4n) is 3.03. The zero-order valence-electron chi connectivity index (χ0n) is 10.7. The van der Waals surface area contributed by atoms with Crippen LogP contribution in [0.2, 0.25) is 0 Å². The lowest BCUT2D eigenvalue weighted by molar-refractivity contribution is -0.155. The standard InChI is InChI=1S/C12H18O5/c1-10(2)11(3,7-15-4)5-6-12(10)8(13)16-9(14)17-12/h5-7H2,1-4H3/t11-,12+/m0/s1. The molecule has 0 bridgehead atoms. The second-order valence-corrected chi connectivity index (χ2v) is 5.69. The van der Waals surface area contributed by atoms with Crippen LogP contribution in [-0.2, 0) is 19.0 Å². The van der Waals surface area contributed by atoms with Crippen LogP contribution in [0.5, 0.6) is 0 Å². The largest absolute Gasteiger partial charge is 0.517 e. The van der Waals surface area contributed by atoms with E-state index in [-0.39, 0.29) is 5.41 Å². The molecule has 2 atom stereocenters. The molecule has 0 aromatic heterocycles. The van der Waals surface area contributed by atoms with Crippen molar-refractivity contribution in [1.29, 1.82) is 0 Å². The number of hydrogen-bond donors (Lipinski definition) is 0. The Morgan fingerprint density at radius 1 is 1.24 bits per heavy atom. The van der Waals surface area contributed by atoms with Gasteiger partial charge >= 0.3 is 12.1 Å². The number of cyclic esters (lactones) is 2. The lowest BCUT2D eigenvalue weighted by Gasteiger charge is -2.43. The van der Waals surface area contributed by atoms with Crippen LogP contribution in [-0.4, -0.2) is 31.4 Å². The molecule has 1 aliphatic carbocycles. The highest BCUT2D eigenvalue weighted by Crippen LogP contribution is 2.61. The van der Waals surface area contributed by atoms with Gasteiger partial charge < -0.3 is 14.2 Å². The molecule has 5 nitrogen and oxygen atoms in total. The second kappa shape index (κ2) is 3.45. The molecule has 1 saturated carbocycles. The third kappa shape index (κ3) is 1.35. The van der Waals surface area contributed by atoms with E-state index in [4.69, 9.17) is 9.47 Å². The van der Waals surface area contributed by atoms with Crippen LogP contribution in [0.4, 0.5) is 4.79 Å². The van der Waals surface area contributed by atoms with Crippen LogP contribution in [0.25, 0.3) is 0 Å². The lowest BCUT2D eigenvalue weighted by atomic mass is 9.64. The molecule has 17 heavy (non-hydrogen) atoms. The van der Waals surface area contributed by atoms with E-state index in [9.17, 15) is 9.59 Å². The first-order valence-corrected chi connectivity index (χ1v) is 5.73. The van der Waals surface area contributed by atoms with Crippen LogP contribution in [0.1, 0.15) is 33.6 Å². The summed E-state index contributed by atoms with van der Waals surface area (Å²) in [6.45, 7) is 6.43. The Bertz CT molecular complexity index is 375. The highest BCUT2D eigenvalue weighted by atomic mass is 16.8. The molecule has 0 amide bonds. The quantitative estimate of drug-likeness (QED) is 0.546. The highest BCUT2D eigenvalue weighted by molar-refractivity contribution is 5.95. The fourth-order valence-corrected chi connectivity index (χ4v) is 3.03. The maximum atomic E-state index is 11.9. The van der Waals surface area contributed by atoms with Crippen molar-refractivity contribution in [3.63, 3.8) is 0 Å². The Balaban J connectivity index is 2.40. The molecule has 0 aromatic carbocycles. The summed E-state index contributed by atoms with van der Waals surface area (Å²) in [5, 5.41) is 0. The molecule has 1 saturated heterocycles. The molecular weight excluding hydrogens is 224 g/mol. The Kier molecular flexibility index (Phi) is 2.51. The third-order valence-corrected chi connectivity index (χ3v) is 4.77. The number of carbonyl (C=O) groups excluding carboxylic acids is 2. The minimum atomic E-state index is -1.14.